The van der Waals surface area contributed by atoms with Gasteiger partial charge < -0.3 is 4.42 Å². The van der Waals surface area contributed by atoms with E-state index in [0.717, 1.165) is 5.56 Å². The van der Waals surface area contributed by atoms with Crippen molar-refractivity contribution in [2.24, 2.45) is 0 Å². The largest absolute Gasteiger partial charge is 0.420 e. The molecule has 1 unspecified atom stereocenters. The smallest absolute Gasteiger partial charge is 0.249 e. The van der Waals surface area contributed by atoms with Crippen LogP contribution in [0.5, 0.6) is 0 Å². The average Bonchev–Trinajstić information content (AvgIpc) is 3.33. The van der Waals surface area contributed by atoms with Gasteiger partial charge in [-0.2, -0.15) is 4.31 Å². The highest BCUT2D eigenvalue weighted by Gasteiger charge is 2.35. The molecule has 2 aromatic heterocycles. The number of sulfonamides is 1. The van der Waals surface area contributed by atoms with E-state index >= 15 is 0 Å². The number of nitrogens with zero attached hydrogens (tertiary/aromatic N) is 4. The molecule has 0 aliphatic carbocycles. The molecule has 0 bridgehead atoms. The van der Waals surface area contributed by atoms with Crippen LogP contribution in [0.2, 0.25) is 5.02 Å². The maximum atomic E-state index is 12.8. The molecule has 9 heteroatoms. The molecule has 1 aliphatic rings. The highest BCUT2D eigenvalue weighted by molar-refractivity contribution is 7.89. The van der Waals surface area contributed by atoms with Crippen molar-refractivity contribution < 1.29 is 12.8 Å². The van der Waals surface area contributed by atoms with Crippen molar-refractivity contribution in [2.75, 3.05) is 13.1 Å². The van der Waals surface area contributed by atoms with Gasteiger partial charge in [-0.25, -0.2) is 8.42 Å². The van der Waals surface area contributed by atoms with Crippen molar-refractivity contribution >= 4 is 21.6 Å². The van der Waals surface area contributed by atoms with Crippen LogP contribution in [-0.2, 0) is 10.0 Å². The Morgan fingerprint density at radius 2 is 1.96 bits per heavy atom. The lowest BCUT2D eigenvalue weighted by atomic mass is 10.1. The molecular weight excluding hydrogens is 376 g/mol. The van der Waals surface area contributed by atoms with Gasteiger partial charge in [-0.15, -0.1) is 10.2 Å². The van der Waals surface area contributed by atoms with E-state index in [-0.39, 0.29) is 10.8 Å². The van der Waals surface area contributed by atoms with E-state index in [0.29, 0.717) is 36.3 Å². The Morgan fingerprint density at radius 3 is 2.69 bits per heavy atom. The molecule has 1 atom stereocenters. The average molecular weight is 391 g/mol. The number of pyridine rings is 1. The van der Waals surface area contributed by atoms with Gasteiger partial charge in [-0.1, -0.05) is 11.6 Å². The van der Waals surface area contributed by atoms with Gasteiger partial charge >= 0.3 is 0 Å². The highest BCUT2D eigenvalue weighted by atomic mass is 35.5. The van der Waals surface area contributed by atoms with Crippen LogP contribution >= 0.6 is 11.6 Å². The first kappa shape index (κ1) is 17.1. The van der Waals surface area contributed by atoms with Crippen LogP contribution in [0.15, 0.2) is 58.1 Å². The van der Waals surface area contributed by atoms with Crippen LogP contribution in [0, 0.1) is 0 Å². The number of aromatic nitrogens is 3. The summed E-state index contributed by atoms with van der Waals surface area (Å²) in [7, 11) is -3.57. The Hall–Kier alpha value is -2.29. The molecule has 3 aromatic rings. The molecule has 1 fully saturated rings. The van der Waals surface area contributed by atoms with Gasteiger partial charge in [0, 0.05) is 30.5 Å². The topological polar surface area (TPSA) is 89.2 Å². The molecule has 0 amide bonds. The summed E-state index contributed by atoms with van der Waals surface area (Å²) in [6, 6.07) is 9.78. The van der Waals surface area contributed by atoms with E-state index in [9.17, 15) is 8.42 Å². The molecule has 0 radical (unpaired) electrons. The van der Waals surface area contributed by atoms with Crippen molar-refractivity contribution in [3.05, 3.63) is 59.7 Å². The summed E-state index contributed by atoms with van der Waals surface area (Å²) >= 11 is 5.84. The number of hydrogen-bond donors (Lipinski definition) is 0. The second-order valence-electron chi connectivity index (χ2n) is 5.99. The minimum Gasteiger partial charge on any atom is -0.420 e. The Bertz CT molecular complexity index is 1010. The van der Waals surface area contributed by atoms with Crippen molar-refractivity contribution in [3.8, 4) is 11.5 Å². The van der Waals surface area contributed by atoms with Crippen molar-refractivity contribution in [3.63, 3.8) is 0 Å². The van der Waals surface area contributed by atoms with E-state index in [1.54, 1.807) is 30.6 Å². The van der Waals surface area contributed by atoms with E-state index in [2.05, 4.69) is 15.2 Å². The first-order chi connectivity index (χ1) is 12.5. The highest BCUT2D eigenvalue weighted by Crippen LogP contribution is 2.32. The molecule has 3 heterocycles. The predicted molar refractivity (Wildman–Crippen MR) is 95.1 cm³/mol. The van der Waals surface area contributed by atoms with E-state index < -0.39 is 10.0 Å². The summed E-state index contributed by atoms with van der Waals surface area (Å²) < 4.78 is 32.7. The fraction of sp³-hybridized carbons (Fsp3) is 0.235. The maximum Gasteiger partial charge on any atom is 0.249 e. The van der Waals surface area contributed by atoms with E-state index in [1.165, 1.54) is 16.4 Å². The van der Waals surface area contributed by atoms with Crippen LogP contribution in [0.4, 0.5) is 0 Å². The van der Waals surface area contributed by atoms with E-state index in [1.807, 2.05) is 6.07 Å². The Balaban J connectivity index is 1.52. The minimum atomic E-state index is -3.57. The van der Waals surface area contributed by atoms with Crippen LogP contribution in [0.3, 0.4) is 0 Å². The lowest BCUT2D eigenvalue weighted by Crippen LogP contribution is -2.28. The van der Waals surface area contributed by atoms with Gasteiger partial charge in [0.05, 0.1) is 16.4 Å². The molecule has 7 nitrogen and oxygen atoms in total. The normalized spacial score (nSPS) is 18.3. The van der Waals surface area contributed by atoms with Gasteiger partial charge in [0.25, 0.3) is 0 Å². The zero-order valence-electron chi connectivity index (χ0n) is 13.6. The lowest BCUT2D eigenvalue weighted by Gasteiger charge is -2.16. The molecular formula is C17H15ClN4O3S. The molecule has 26 heavy (non-hydrogen) atoms. The SMILES string of the molecule is O=S(=O)(c1ccc(Cl)cc1)N1CCC(c2nnc(-c3cccnc3)o2)C1. The second-order valence-corrected chi connectivity index (χ2v) is 8.36. The van der Waals surface area contributed by atoms with Crippen molar-refractivity contribution in [2.45, 2.75) is 17.2 Å². The molecule has 4 rings (SSSR count). The summed E-state index contributed by atoms with van der Waals surface area (Å²) in [6.07, 6.45) is 3.93. The van der Waals surface area contributed by atoms with Gasteiger partial charge in [0.1, 0.15) is 0 Å². The summed E-state index contributed by atoms with van der Waals surface area (Å²) in [6.45, 7) is 0.708. The number of hydrogen-bond acceptors (Lipinski definition) is 6. The summed E-state index contributed by atoms with van der Waals surface area (Å²) in [5, 5.41) is 8.64. The van der Waals surface area contributed by atoms with Crippen LogP contribution < -0.4 is 0 Å². The van der Waals surface area contributed by atoms with Gasteiger partial charge in [-0.3, -0.25) is 4.98 Å². The maximum absolute atomic E-state index is 12.8. The molecule has 134 valence electrons. The lowest BCUT2D eigenvalue weighted by molar-refractivity contribution is 0.440. The fourth-order valence-electron chi connectivity index (χ4n) is 2.91. The van der Waals surface area contributed by atoms with Gasteiger partial charge in [0.2, 0.25) is 21.8 Å². The third-order valence-electron chi connectivity index (χ3n) is 4.30. The molecule has 0 N–H and O–H groups in total. The van der Waals surface area contributed by atoms with Crippen LogP contribution in [0.1, 0.15) is 18.2 Å². The fourth-order valence-corrected chi connectivity index (χ4v) is 4.54. The number of halogens is 1. The standard InChI is InChI=1S/C17H15ClN4O3S/c18-14-3-5-15(6-4-14)26(23,24)22-9-7-13(11-22)17-21-20-16(25-17)12-2-1-8-19-10-12/h1-6,8,10,13H,7,9,11H2. The molecule has 1 aliphatic heterocycles. The van der Waals surface area contributed by atoms with Gasteiger partial charge in [-0.05, 0) is 42.8 Å². The number of benzene rings is 1. The zero-order valence-corrected chi connectivity index (χ0v) is 15.2. The Labute approximate surface area is 155 Å². The summed E-state index contributed by atoms with van der Waals surface area (Å²) in [4.78, 5) is 4.25. The monoisotopic (exact) mass is 390 g/mol. The molecule has 1 aromatic carbocycles. The third-order valence-corrected chi connectivity index (χ3v) is 6.43. The van der Waals surface area contributed by atoms with Crippen molar-refractivity contribution in [1.82, 2.24) is 19.5 Å². The van der Waals surface area contributed by atoms with Gasteiger partial charge in [0.15, 0.2) is 0 Å². The van der Waals surface area contributed by atoms with Crippen LogP contribution in [-0.4, -0.2) is 41.0 Å². The predicted octanol–water partition coefficient (Wildman–Crippen LogP) is 2.96. The van der Waals surface area contributed by atoms with Crippen LogP contribution in [0.25, 0.3) is 11.5 Å². The first-order valence-electron chi connectivity index (χ1n) is 8.03. The number of rotatable bonds is 4. The summed E-state index contributed by atoms with van der Waals surface area (Å²) in [5.74, 6) is 0.694. The van der Waals surface area contributed by atoms with E-state index in [4.69, 9.17) is 16.0 Å². The van der Waals surface area contributed by atoms with Crippen molar-refractivity contribution in [1.29, 1.82) is 0 Å². The summed E-state index contributed by atoms with van der Waals surface area (Å²) in [5.41, 5.74) is 0.731. The molecule has 0 saturated carbocycles. The third kappa shape index (κ3) is 3.23. The molecule has 0 spiro atoms. The second kappa shape index (κ2) is 6.79. The quantitative estimate of drug-likeness (QED) is 0.680. The Kier molecular flexibility index (Phi) is 4.47. The Morgan fingerprint density at radius 1 is 1.15 bits per heavy atom. The molecule has 1 saturated heterocycles. The minimum absolute atomic E-state index is 0.130. The first-order valence-corrected chi connectivity index (χ1v) is 9.85. The zero-order chi connectivity index (χ0) is 18.1.